The van der Waals surface area contributed by atoms with Crippen molar-refractivity contribution in [1.29, 1.82) is 0 Å². The van der Waals surface area contributed by atoms with Crippen molar-refractivity contribution in [3.63, 3.8) is 0 Å². The molecular formula is C11H13ClO2. The number of halogens is 1. The average Bonchev–Trinajstić information content (AvgIpc) is 2.15. The molecule has 76 valence electrons. The van der Waals surface area contributed by atoms with Gasteiger partial charge in [-0.1, -0.05) is 37.6 Å². The Hall–Kier alpha value is -1.02. The van der Waals surface area contributed by atoms with Crippen LogP contribution in [0.5, 0.6) is 0 Å². The predicted octanol–water partition coefficient (Wildman–Crippen LogP) is 3.15. The van der Waals surface area contributed by atoms with Crippen LogP contribution in [0.3, 0.4) is 0 Å². The summed E-state index contributed by atoms with van der Waals surface area (Å²) in [5.74, 6) is -0.0225. The number of rotatable bonds is 3. The number of benzene rings is 1. The molecule has 0 fully saturated rings. The van der Waals surface area contributed by atoms with Crippen molar-refractivity contribution in [3.05, 3.63) is 34.9 Å². The van der Waals surface area contributed by atoms with Crippen LogP contribution in [-0.2, 0) is 4.74 Å². The minimum absolute atomic E-state index is 0.335. The van der Waals surface area contributed by atoms with Gasteiger partial charge in [-0.2, -0.15) is 0 Å². The highest BCUT2D eigenvalue weighted by molar-refractivity contribution is 6.33. The third-order valence-electron chi connectivity index (χ3n) is 1.64. The van der Waals surface area contributed by atoms with E-state index in [9.17, 15) is 4.79 Å². The molecule has 0 amide bonds. The Morgan fingerprint density at radius 2 is 2.07 bits per heavy atom. The molecule has 1 rings (SSSR count). The van der Waals surface area contributed by atoms with Gasteiger partial charge < -0.3 is 4.74 Å². The van der Waals surface area contributed by atoms with Crippen LogP contribution < -0.4 is 0 Å². The zero-order valence-corrected chi connectivity index (χ0v) is 9.04. The van der Waals surface area contributed by atoms with E-state index < -0.39 is 0 Å². The van der Waals surface area contributed by atoms with Crippen LogP contribution >= 0.6 is 11.6 Å². The molecule has 14 heavy (non-hydrogen) atoms. The molecule has 0 aromatic heterocycles. The smallest absolute Gasteiger partial charge is 0.339 e. The molecule has 0 atom stereocenters. The van der Waals surface area contributed by atoms with Gasteiger partial charge in [0, 0.05) is 0 Å². The third kappa shape index (κ3) is 3.04. The number of hydrogen-bond acceptors (Lipinski definition) is 2. The molecule has 0 unspecified atom stereocenters. The molecule has 1 aromatic carbocycles. The second kappa shape index (κ2) is 5.01. The molecule has 0 bridgehead atoms. The van der Waals surface area contributed by atoms with Crippen molar-refractivity contribution >= 4 is 17.6 Å². The maximum Gasteiger partial charge on any atom is 0.339 e. The highest BCUT2D eigenvalue weighted by Crippen LogP contribution is 2.16. The average molecular weight is 213 g/mol. The maximum absolute atomic E-state index is 11.5. The summed E-state index contributed by atoms with van der Waals surface area (Å²) < 4.78 is 5.05. The third-order valence-corrected chi connectivity index (χ3v) is 1.97. The maximum atomic E-state index is 11.5. The SMILES string of the molecule is CC(C)COC(=O)c1ccccc1Cl. The molecule has 2 nitrogen and oxygen atoms in total. The van der Waals surface area contributed by atoms with Crippen molar-refractivity contribution in [3.8, 4) is 0 Å². The molecule has 3 heteroatoms. The van der Waals surface area contributed by atoms with Gasteiger partial charge >= 0.3 is 5.97 Å². The van der Waals surface area contributed by atoms with E-state index in [2.05, 4.69) is 0 Å². The zero-order valence-electron chi connectivity index (χ0n) is 8.29. The van der Waals surface area contributed by atoms with Crippen molar-refractivity contribution in [1.82, 2.24) is 0 Å². The van der Waals surface area contributed by atoms with Gasteiger partial charge in [0.05, 0.1) is 17.2 Å². The quantitative estimate of drug-likeness (QED) is 0.720. The van der Waals surface area contributed by atoms with Crippen LogP contribution in [0.1, 0.15) is 24.2 Å². The molecule has 0 saturated carbocycles. The van der Waals surface area contributed by atoms with Gasteiger partial charge in [-0.25, -0.2) is 4.79 Å². The van der Waals surface area contributed by atoms with E-state index in [4.69, 9.17) is 16.3 Å². The number of carbonyl (C=O) groups excluding carboxylic acids is 1. The molecule has 0 spiro atoms. The normalized spacial score (nSPS) is 10.3. The first-order valence-electron chi connectivity index (χ1n) is 4.53. The fraction of sp³-hybridized carbons (Fsp3) is 0.364. The van der Waals surface area contributed by atoms with Gasteiger partial charge in [0.1, 0.15) is 0 Å². The van der Waals surface area contributed by atoms with Crippen LogP contribution in [0, 0.1) is 5.92 Å². The minimum atomic E-state index is -0.357. The molecule has 0 heterocycles. The van der Waals surface area contributed by atoms with Crippen molar-refractivity contribution in [2.45, 2.75) is 13.8 Å². The molecule has 0 N–H and O–H groups in total. The Morgan fingerprint density at radius 1 is 1.43 bits per heavy atom. The highest BCUT2D eigenvalue weighted by Gasteiger charge is 2.10. The number of hydrogen-bond donors (Lipinski definition) is 0. The van der Waals surface area contributed by atoms with Gasteiger partial charge in [0.15, 0.2) is 0 Å². The van der Waals surface area contributed by atoms with Crippen LogP contribution in [0.15, 0.2) is 24.3 Å². The summed E-state index contributed by atoms with van der Waals surface area (Å²) in [5, 5.41) is 0.432. The van der Waals surface area contributed by atoms with E-state index in [0.29, 0.717) is 23.1 Å². The molecule has 0 aliphatic carbocycles. The van der Waals surface area contributed by atoms with Gasteiger partial charge in [-0.15, -0.1) is 0 Å². The summed E-state index contributed by atoms with van der Waals surface area (Å²) in [7, 11) is 0. The van der Waals surface area contributed by atoms with Crippen molar-refractivity contribution < 1.29 is 9.53 Å². The fourth-order valence-electron chi connectivity index (χ4n) is 0.947. The predicted molar refractivity (Wildman–Crippen MR) is 56.6 cm³/mol. The number of ether oxygens (including phenoxy) is 1. The lowest BCUT2D eigenvalue weighted by Crippen LogP contribution is -2.10. The van der Waals surface area contributed by atoms with Gasteiger partial charge in [-0.05, 0) is 18.1 Å². The molecular weight excluding hydrogens is 200 g/mol. The number of esters is 1. The second-order valence-corrected chi connectivity index (χ2v) is 3.88. The lowest BCUT2D eigenvalue weighted by Gasteiger charge is -2.07. The molecule has 0 aliphatic heterocycles. The summed E-state index contributed by atoms with van der Waals surface area (Å²) in [6.45, 7) is 4.39. The molecule has 0 saturated heterocycles. The Kier molecular flexibility index (Phi) is 3.96. The van der Waals surface area contributed by atoms with Gasteiger partial charge in [-0.3, -0.25) is 0 Å². The van der Waals surface area contributed by atoms with E-state index in [0.717, 1.165) is 0 Å². The summed E-state index contributed by atoms with van der Waals surface area (Å²) in [6, 6.07) is 6.87. The molecule has 1 aromatic rings. The van der Waals surface area contributed by atoms with Crippen molar-refractivity contribution in [2.24, 2.45) is 5.92 Å². The van der Waals surface area contributed by atoms with Gasteiger partial charge in [0.2, 0.25) is 0 Å². The lowest BCUT2D eigenvalue weighted by molar-refractivity contribution is 0.0459. The monoisotopic (exact) mass is 212 g/mol. The van der Waals surface area contributed by atoms with Crippen LogP contribution in [0.25, 0.3) is 0 Å². The zero-order chi connectivity index (χ0) is 10.6. The van der Waals surface area contributed by atoms with E-state index in [1.54, 1.807) is 24.3 Å². The van der Waals surface area contributed by atoms with Crippen LogP contribution in [-0.4, -0.2) is 12.6 Å². The summed E-state index contributed by atoms with van der Waals surface area (Å²) in [6.07, 6.45) is 0. The van der Waals surface area contributed by atoms with E-state index in [-0.39, 0.29) is 5.97 Å². The van der Waals surface area contributed by atoms with E-state index in [1.807, 2.05) is 13.8 Å². The fourth-order valence-corrected chi connectivity index (χ4v) is 1.16. The lowest BCUT2D eigenvalue weighted by atomic mass is 10.2. The molecule has 0 radical (unpaired) electrons. The Balaban J connectivity index is 2.65. The summed E-state index contributed by atoms with van der Waals surface area (Å²) >= 11 is 5.83. The van der Waals surface area contributed by atoms with E-state index >= 15 is 0 Å². The first kappa shape index (κ1) is 11.1. The van der Waals surface area contributed by atoms with Crippen LogP contribution in [0.4, 0.5) is 0 Å². The Morgan fingerprint density at radius 3 is 2.64 bits per heavy atom. The standard InChI is InChI=1S/C11H13ClO2/c1-8(2)7-14-11(13)9-5-3-4-6-10(9)12/h3-6,8H,7H2,1-2H3. The first-order chi connectivity index (χ1) is 6.61. The largest absolute Gasteiger partial charge is 0.462 e. The number of carbonyl (C=O) groups is 1. The molecule has 0 aliphatic rings. The van der Waals surface area contributed by atoms with Gasteiger partial charge in [0.25, 0.3) is 0 Å². The summed E-state index contributed by atoms with van der Waals surface area (Å²) in [4.78, 5) is 11.5. The van der Waals surface area contributed by atoms with E-state index in [1.165, 1.54) is 0 Å². The minimum Gasteiger partial charge on any atom is -0.462 e. The van der Waals surface area contributed by atoms with Crippen molar-refractivity contribution in [2.75, 3.05) is 6.61 Å². The highest BCUT2D eigenvalue weighted by atomic mass is 35.5. The second-order valence-electron chi connectivity index (χ2n) is 3.47. The first-order valence-corrected chi connectivity index (χ1v) is 4.90. The Labute approximate surface area is 88.8 Å². The Bertz CT molecular complexity index is 321. The summed E-state index contributed by atoms with van der Waals surface area (Å²) in [5.41, 5.74) is 0.426. The topological polar surface area (TPSA) is 26.3 Å². The van der Waals surface area contributed by atoms with Crippen LogP contribution in [0.2, 0.25) is 5.02 Å².